The Balaban J connectivity index is 2.24. The Morgan fingerprint density at radius 3 is 2.26 bits per heavy atom. The van der Waals surface area contributed by atoms with Gasteiger partial charge in [0, 0.05) is 19.1 Å². The van der Waals surface area contributed by atoms with Gasteiger partial charge in [-0.1, -0.05) is 48.5 Å². The van der Waals surface area contributed by atoms with Gasteiger partial charge in [0.05, 0.1) is 5.69 Å². The van der Waals surface area contributed by atoms with Crippen molar-refractivity contribution in [3.8, 4) is 12.1 Å². The van der Waals surface area contributed by atoms with Gasteiger partial charge in [-0.3, -0.25) is 9.69 Å². The topological polar surface area (TPSA) is 115 Å². The summed E-state index contributed by atoms with van der Waals surface area (Å²) in [5.41, 5.74) is -0.555. The van der Waals surface area contributed by atoms with Gasteiger partial charge in [0.2, 0.25) is 0 Å². The molecule has 34 heavy (non-hydrogen) atoms. The first-order chi connectivity index (χ1) is 16.2. The molecule has 0 unspecified atom stereocenters. The van der Waals surface area contributed by atoms with Gasteiger partial charge in [0.15, 0.2) is 5.54 Å². The molecule has 0 spiro atoms. The van der Waals surface area contributed by atoms with E-state index in [2.05, 4.69) is 5.32 Å². The number of anilines is 1. The van der Waals surface area contributed by atoms with Gasteiger partial charge < -0.3 is 14.8 Å². The number of para-hydroxylation sites is 1. The summed E-state index contributed by atoms with van der Waals surface area (Å²) in [6.45, 7) is 5.13. The van der Waals surface area contributed by atoms with Crippen LogP contribution < -0.4 is 10.2 Å². The summed E-state index contributed by atoms with van der Waals surface area (Å²) >= 11 is 0. The fourth-order valence-electron chi connectivity index (χ4n) is 4.00. The lowest BCUT2D eigenvalue weighted by atomic mass is 9.81. The molecule has 1 aliphatic rings. The predicted octanol–water partition coefficient (Wildman–Crippen LogP) is 4.25. The fraction of sp³-hybridized carbons (Fsp3) is 0.308. The molecule has 0 aromatic heterocycles. The summed E-state index contributed by atoms with van der Waals surface area (Å²) in [5, 5.41) is 22.2. The van der Waals surface area contributed by atoms with Crippen LogP contribution in [0.3, 0.4) is 0 Å². The van der Waals surface area contributed by atoms with Crippen molar-refractivity contribution in [2.75, 3.05) is 18.7 Å². The number of fused-ring (bicyclic) bond motifs is 1. The van der Waals surface area contributed by atoms with E-state index in [1.54, 1.807) is 69.3 Å². The number of hydrogen-bond acceptors (Lipinski definition) is 6. The highest BCUT2D eigenvalue weighted by molar-refractivity contribution is 6.10. The van der Waals surface area contributed by atoms with Crippen LogP contribution in [0.5, 0.6) is 0 Å². The molecule has 0 radical (unpaired) electrons. The van der Waals surface area contributed by atoms with Crippen molar-refractivity contribution < 1.29 is 19.1 Å². The predicted molar refractivity (Wildman–Crippen MR) is 126 cm³/mol. The molecule has 0 fully saturated rings. The van der Waals surface area contributed by atoms with E-state index in [9.17, 15) is 20.1 Å². The number of nitrogens with zero attached hydrogens (tertiary/aromatic N) is 3. The van der Waals surface area contributed by atoms with Gasteiger partial charge in [-0.15, -0.1) is 0 Å². The molecule has 0 saturated heterocycles. The molecule has 2 aromatic rings. The number of allylic oxidation sites excluding steroid dienone is 1. The molecule has 3 rings (SSSR count). The number of methoxy groups -OCH3 is 1. The molecule has 1 aliphatic heterocycles. The fourth-order valence-corrected chi connectivity index (χ4v) is 4.00. The van der Waals surface area contributed by atoms with Gasteiger partial charge in [-0.05, 0) is 38.0 Å². The number of carbonyl (C=O) groups is 2. The number of nitriles is 2. The SMILES string of the molecule is COCN1C(=O)[C@](CC(=C(C#N)C#N)c2ccccc2)(NC(=O)OC(C)(C)C)c2ccccc21. The minimum absolute atomic E-state index is 0.0403. The average Bonchev–Trinajstić information content (AvgIpc) is 3.01. The summed E-state index contributed by atoms with van der Waals surface area (Å²) < 4.78 is 10.7. The Hall–Kier alpha value is -4.14. The number of ether oxygens (including phenoxy) is 2. The van der Waals surface area contributed by atoms with Gasteiger partial charge in [-0.25, -0.2) is 4.79 Å². The zero-order valence-electron chi connectivity index (χ0n) is 19.6. The molecule has 8 heteroatoms. The standard InChI is InChI=1S/C26H26N4O4/c1-25(2,3)34-24(32)29-26(14-20(19(15-27)16-28)18-10-6-5-7-11-18)21-12-8-9-13-22(21)30(17-33-4)23(26)31/h5-13H,14,17H2,1-4H3,(H,29,32)/t26-/m1/s1. The minimum atomic E-state index is -1.62. The van der Waals surface area contributed by atoms with Crippen LogP contribution in [0, 0.1) is 22.7 Å². The second-order valence-corrected chi connectivity index (χ2v) is 8.82. The van der Waals surface area contributed by atoms with Crippen LogP contribution in [0.15, 0.2) is 60.2 Å². The van der Waals surface area contributed by atoms with E-state index in [1.165, 1.54) is 12.0 Å². The quantitative estimate of drug-likeness (QED) is 0.647. The highest BCUT2D eigenvalue weighted by Gasteiger charge is 2.53. The first-order valence-electron chi connectivity index (χ1n) is 10.7. The van der Waals surface area contributed by atoms with Crippen molar-refractivity contribution in [1.82, 2.24) is 5.32 Å². The molecule has 8 nitrogen and oxygen atoms in total. The van der Waals surface area contributed by atoms with Crippen molar-refractivity contribution in [3.05, 3.63) is 71.3 Å². The van der Waals surface area contributed by atoms with E-state index in [-0.39, 0.29) is 18.7 Å². The van der Waals surface area contributed by atoms with Crippen LogP contribution in [-0.4, -0.2) is 31.4 Å². The number of alkyl carbamates (subject to hydrolysis) is 1. The van der Waals surface area contributed by atoms with Gasteiger partial charge in [0.1, 0.15) is 30.0 Å². The maximum atomic E-state index is 13.9. The Bertz CT molecular complexity index is 1190. The maximum Gasteiger partial charge on any atom is 0.408 e. The number of carbonyl (C=O) groups excluding carboxylic acids is 2. The number of hydrogen-bond donors (Lipinski definition) is 1. The second-order valence-electron chi connectivity index (χ2n) is 8.82. The van der Waals surface area contributed by atoms with Crippen molar-refractivity contribution >= 4 is 23.3 Å². The summed E-state index contributed by atoms with van der Waals surface area (Å²) in [7, 11) is 1.47. The number of nitrogens with one attached hydrogen (secondary N) is 1. The first-order valence-corrected chi connectivity index (χ1v) is 10.7. The first kappa shape index (κ1) is 24.5. The smallest absolute Gasteiger partial charge is 0.408 e. The average molecular weight is 459 g/mol. The molecule has 1 heterocycles. The van der Waals surface area contributed by atoms with Crippen molar-refractivity contribution in [2.24, 2.45) is 0 Å². The minimum Gasteiger partial charge on any atom is -0.444 e. The van der Waals surface area contributed by atoms with Crippen LogP contribution in [0.1, 0.15) is 38.3 Å². The summed E-state index contributed by atoms with van der Waals surface area (Å²) in [6.07, 6.45) is -0.930. The summed E-state index contributed by atoms with van der Waals surface area (Å²) in [5.74, 6) is -0.454. The van der Waals surface area contributed by atoms with Crippen molar-refractivity contribution in [1.29, 1.82) is 10.5 Å². The molecule has 1 atom stereocenters. The second kappa shape index (κ2) is 9.78. The molecule has 2 amide bonds. The van der Waals surface area contributed by atoms with E-state index in [4.69, 9.17) is 9.47 Å². The molecule has 0 bridgehead atoms. The lowest BCUT2D eigenvalue weighted by Crippen LogP contribution is -2.54. The number of rotatable bonds is 6. The molecule has 0 aliphatic carbocycles. The summed E-state index contributed by atoms with van der Waals surface area (Å²) in [4.78, 5) is 28.3. The third-order valence-corrected chi connectivity index (χ3v) is 5.33. The zero-order valence-corrected chi connectivity index (χ0v) is 19.6. The molecule has 0 saturated carbocycles. The molecule has 174 valence electrons. The molecule has 1 N–H and O–H groups in total. The van der Waals surface area contributed by atoms with Crippen LogP contribution in [0.2, 0.25) is 0 Å². The van der Waals surface area contributed by atoms with Gasteiger partial charge >= 0.3 is 6.09 Å². The lowest BCUT2D eigenvalue weighted by molar-refractivity contribution is -0.125. The van der Waals surface area contributed by atoms with Crippen LogP contribution in [-0.2, 0) is 19.8 Å². The van der Waals surface area contributed by atoms with Crippen molar-refractivity contribution in [3.63, 3.8) is 0 Å². The van der Waals surface area contributed by atoms with E-state index in [1.807, 2.05) is 18.2 Å². The Kier molecular flexibility index (Phi) is 7.05. The highest BCUT2D eigenvalue weighted by atomic mass is 16.6. The van der Waals surface area contributed by atoms with Gasteiger partial charge in [0.25, 0.3) is 5.91 Å². The van der Waals surface area contributed by atoms with Crippen LogP contribution in [0.4, 0.5) is 10.5 Å². The molecular formula is C26H26N4O4. The van der Waals surface area contributed by atoms with Gasteiger partial charge in [-0.2, -0.15) is 10.5 Å². The molecular weight excluding hydrogens is 432 g/mol. The number of benzene rings is 2. The third-order valence-electron chi connectivity index (χ3n) is 5.33. The van der Waals surface area contributed by atoms with Crippen molar-refractivity contribution in [2.45, 2.75) is 38.3 Å². The Morgan fingerprint density at radius 1 is 1.06 bits per heavy atom. The van der Waals surface area contributed by atoms with Crippen LogP contribution >= 0.6 is 0 Å². The molecule has 2 aromatic carbocycles. The normalized spacial score (nSPS) is 16.8. The Labute approximate surface area is 199 Å². The maximum absolute atomic E-state index is 13.9. The Morgan fingerprint density at radius 2 is 1.68 bits per heavy atom. The largest absolute Gasteiger partial charge is 0.444 e. The van der Waals surface area contributed by atoms with E-state index in [0.717, 1.165) is 0 Å². The number of amides is 2. The lowest BCUT2D eigenvalue weighted by Gasteiger charge is -2.32. The highest BCUT2D eigenvalue weighted by Crippen LogP contribution is 2.46. The third kappa shape index (κ3) is 4.78. The van der Waals surface area contributed by atoms with Crippen LogP contribution in [0.25, 0.3) is 5.57 Å². The zero-order chi connectivity index (χ0) is 24.9. The monoisotopic (exact) mass is 458 g/mol. The van der Waals surface area contributed by atoms with E-state index < -0.39 is 23.1 Å². The van der Waals surface area contributed by atoms with E-state index >= 15 is 0 Å². The van der Waals surface area contributed by atoms with E-state index in [0.29, 0.717) is 22.4 Å². The summed E-state index contributed by atoms with van der Waals surface area (Å²) in [6, 6.07) is 19.8.